The number of H-pyrrole nitrogens is 1. The second-order valence-corrected chi connectivity index (χ2v) is 7.29. The number of hydrogen-bond donors (Lipinski definition) is 2. The average Bonchev–Trinajstić information content (AvgIpc) is 3.31. The maximum atomic E-state index is 12.8. The second kappa shape index (κ2) is 9.30. The van der Waals surface area contributed by atoms with Gasteiger partial charge in [-0.2, -0.15) is 0 Å². The van der Waals surface area contributed by atoms with Crippen LogP contribution in [0.1, 0.15) is 16.3 Å². The number of thioether (sulfide) groups is 1. The van der Waals surface area contributed by atoms with Gasteiger partial charge in [0.15, 0.2) is 0 Å². The van der Waals surface area contributed by atoms with Crippen molar-refractivity contribution in [1.82, 2.24) is 20.5 Å². The van der Waals surface area contributed by atoms with Crippen LogP contribution < -0.4 is 5.32 Å². The molecule has 2 N–H and O–H groups in total. The first-order chi connectivity index (χ1) is 12.7. The number of carbonyl (C=O) groups excluding carboxylic acids is 1. The average molecular weight is 388 g/mol. The van der Waals surface area contributed by atoms with Crippen molar-refractivity contribution in [1.29, 1.82) is 0 Å². The highest BCUT2D eigenvalue weighted by molar-refractivity contribution is 7.99. The van der Waals surface area contributed by atoms with Crippen molar-refractivity contribution in [2.24, 2.45) is 0 Å². The van der Waals surface area contributed by atoms with Crippen LogP contribution in [0.15, 0.2) is 46.9 Å². The molecule has 0 atom stereocenters. The lowest BCUT2D eigenvalue weighted by atomic mass is 10.1. The van der Waals surface area contributed by atoms with E-state index in [9.17, 15) is 9.18 Å². The molecule has 2 aromatic heterocycles. The molecule has 0 radical (unpaired) electrons. The molecule has 0 fully saturated rings. The smallest absolute Gasteiger partial charge is 0.230 e. The van der Waals surface area contributed by atoms with Crippen LogP contribution in [0.3, 0.4) is 0 Å². The molecule has 0 aliphatic rings. The van der Waals surface area contributed by atoms with Gasteiger partial charge in [-0.15, -0.1) is 16.4 Å². The molecule has 1 amide bonds. The molecule has 26 heavy (non-hydrogen) atoms. The van der Waals surface area contributed by atoms with Crippen molar-refractivity contribution in [3.05, 3.63) is 63.9 Å². The summed E-state index contributed by atoms with van der Waals surface area (Å²) in [6.07, 6.45) is 4.47. The fraction of sp³-hybridized carbons (Fsp3) is 0.167. The third-order valence-corrected chi connectivity index (χ3v) is 5.10. The number of rotatable bonds is 8. The second-order valence-electron chi connectivity index (χ2n) is 5.37. The lowest BCUT2D eigenvalue weighted by molar-refractivity contribution is -0.118. The van der Waals surface area contributed by atoms with E-state index in [2.05, 4.69) is 20.5 Å². The minimum Gasteiger partial charge on any atom is -0.355 e. The maximum absolute atomic E-state index is 12.8. The predicted molar refractivity (Wildman–Crippen MR) is 103 cm³/mol. The van der Waals surface area contributed by atoms with Crippen molar-refractivity contribution >= 4 is 41.2 Å². The van der Waals surface area contributed by atoms with Gasteiger partial charge in [-0.1, -0.05) is 30.0 Å². The minimum atomic E-state index is -0.259. The summed E-state index contributed by atoms with van der Waals surface area (Å²) in [6, 6.07) is 10.3. The van der Waals surface area contributed by atoms with Gasteiger partial charge in [-0.05, 0) is 47.7 Å². The summed E-state index contributed by atoms with van der Waals surface area (Å²) in [5, 5.41) is 12.3. The van der Waals surface area contributed by atoms with Gasteiger partial charge in [0.1, 0.15) is 11.6 Å². The highest BCUT2D eigenvalue weighted by Crippen LogP contribution is 2.15. The van der Waals surface area contributed by atoms with E-state index in [0.717, 1.165) is 10.4 Å². The molecule has 0 unspecified atom stereocenters. The van der Waals surface area contributed by atoms with Gasteiger partial charge < -0.3 is 5.32 Å². The third kappa shape index (κ3) is 5.82. The molecule has 0 saturated heterocycles. The summed E-state index contributed by atoms with van der Waals surface area (Å²) in [7, 11) is 0. The lowest BCUT2D eigenvalue weighted by Crippen LogP contribution is -2.27. The zero-order valence-corrected chi connectivity index (χ0v) is 15.4. The molecular formula is C18H17FN4OS2. The van der Waals surface area contributed by atoms with E-state index in [4.69, 9.17) is 0 Å². The van der Waals surface area contributed by atoms with Crippen LogP contribution in [0.2, 0.25) is 0 Å². The molecule has 0 aliphatic heterocycles. The van der Waals surface area contributed by atoms with Crippen LogP contribution in [0.25, 0.3) is 12.2 Å². The van der Waals surface area contributed by atoms with E-state index < -0.39 is 0 Å². The summed E-state index contributed by atoms with van der Waals surface area (Å²) in [6.45, 7) is 0.508. The fourth-order valence-corrected chi connectivity index (χ4v) is 3.38. The van der Waals surface area contributed by atoms with Gasteiger partial charge in [0.2, 0.25) is 11.1 Å². The van der Waals surface area contributed by atoms with Crippen LogP contribution in [0, 0.1) is 5.82 Å². The molecule has 0 spiro atoms. The molecule has 3 aromatic rings. The number of carbonyl (C=O) groups is 1. The van der Waals surface area contributed by atoms with Gasteiger partial charge in [0.25, 0.3) is 0 Å². The van der Waals surface area contributed by atoms with Crippen molar-refractivity contribution < 1.29 is 9.18 Å². The predicted octanol–water partition coefficient (Wildman–Crippen LogP) is 3.63. The molecule has 0 saturated carbocycles. The Labute approximate surface area is 158 Å². The summed E-state index contributed by atoms with van der Waals surface area (Å²) >= 11 is 2.92. The number of thiophene rings is 1. The van der Waals surface area contributed by atoms with Crippen molar-refractivity contribution in [3.8, 4) is 0 Å². The van der Waals surface area contributed by atoms with Gasteiger partial charge in [0, 0.05) is 11.4 Å². The zero-order valence-electron chi connectivity index (χ0n) is 13.8. The summed E-state index contributed by atoms with van der Waals surface area (Å²) in [4.78, 5) is 17.3. The van der Waals surface area contributed by atoms with E-state index in [-0.39, 0.29) is 17.5 Å². The van der Waals surface area contributed by atoms with E-state index in [0.29, 0.717) is 23.9 Å². The van der Waals surface area contributed by atoms with E-state index in [1.807, 2.05) is 29.7 Å². The van der Waals surface area contributed by atoms with Crippen LogP contribution in [-0.4, -0.2) is 33.4 Å². The Bertz CT molecular complexity index is 860. The SMILES string of the molecule is O=C(CSc1n[nH]c(/C=C/c2cccs2)n1)NCCc1ccc(F)cc1. The van der Waals surface area contributed by atoms with Crippen LogP contribution in [0.5, 0.6) is 0 Å². The molecule has 3 rings (SSSR count). The highest BCUT2D eigenvalue weighted by Gasteiger charge is 2.06. The number of aromatic nitrogens is 3. The third-order valence-electron chi connectivity index (χ3n) is 3.41. The molecule has 134 valence electrons. The van der Waals surface area contributed by atoms with Gasteiger partial charge in [0.05, 0.1) is 5.75 Å². The first kappa shape index (κ1) is 18.3. The Balaban J connectivity index is 1.38. The van der Waals surface area contributed by atoms with Gasteiger partial charge in [-0.3, -0.25) is 9.89 Å². The van der Waals surface area contributed by atoms with E-state index in [1.54, 1.807) is 23.5 Å². The molecule has 0 aliphatic carbocycles. The normalized spacial score (nSPS) is 11.1. The monoisotopic (exact) mass is 388 g/mol. The Morgan fingerprint density at radius 2 is 2.12 bits per heavy atom. The van der Waals surface area contributed by atoms with Crippen molar-refractivity contribution in [3.63, 3.8) is 0 Å². The maximum Gasteiger partial charge on any atom is 0.230 e. The molecule has 0 bridgehead atoms. The highest BCUT2D eigenvalue weighted by atomic mass is 32.2. The number of hydrogen-bond acceptors (Lipinski definition) is 5. The lowest BCUT2D eigenvalue weighted by Gasteiger charge is -2.04. The summed E-state index contributed by atoms with van der Waals surface area (Å²) in [5.41, 5.74) is 0.982. The van der Waals surface area contributed by atoms with Gasteiger partial charge >= 0.3 is 0 Å². The topological polar surface area (TPSA) is 70.7 Å². The first-order valence-corrected chi connectivity index (χ1v) is 9.83. The number of amides is 1. The number of aromatic amines is 1. The Morgan fingerprint density at radius 3 is 2.88 bits per heavy atom. The Morgan fingerprint density at radius 1 is 1.27 bits per heavy atom. The van der Waals surface area contributed by atoms with E-state index >= 15 is 0 Å². The number of halogens is 1. The molecule has 1 aromatic carbocycles. The van der Waals surface area contributed by atoms with Gasteiger partial charge in [-0.25, -0.2) is 9.37 Å². The summed E-state index contributed by atoms with van der Waals surface area (Å²) in [5.74, 6) is 0.551. The first-order valence-electron chi connectivity index (χ1n) is 7.97. The molecule has 2 heterocycles. The Hall–Kier alpha value is -2.45. The largest absolute Gasteiger partial charge is 0.355 e. The fourth-order valence-electron chi connectivity index (χ4n) is 2.12. The van der Waals surface area contributed by atoms with Crippen molar-refractivity contribution in [2.45, 2.75) is 11.6 Å². The quantitative estimate of drug-likeness (QED) is 0.578. The van der Waals surface area contributed by atoms with Crippen LogP contribution in [0.4, 0.5) is 4.39 Å². The number of nitrogens with one attached hydrogen (secondary N) is 2. The molecule has 8 heteroatoms. The Kier molecular flexibility index (Phi) is 6.56. The van der Waals surface area contributed by atoms with Crippen molar-refractivity contribution in [2.75, 3.05) is 12.3 Å². The summed E-state index contributed by atoms with van der Waals surface area (Å²) < 4.78 is 12.8. The number of nitrogens with zero attached hydrogens (tertiary/aromatic N) is 2. The standard InChI is InChI=1S/C18H17FN4OS2/c19-14-5-3-13(4-6-14)9-10-20-17(24)12-26-18-21-16(22-23-18)8-7-15-2-1-11-25-15/h1-8,11H,9-10,12H2,(H,20,24)(H,21,22,23)/b8-7+. The minimum absolute atomic E-state index is 0.0856. The zero-order chi connectivity index (χ0) is 18.2. The van der Waals surface area contributed by atoms with E-state index in [1.165, 1.54) is 23.9 Å². The van der Waals surface area contributed by atoms with Crippen LogP contribution >= 0.6 is 23.1 Å². The molecule has 5 nitrogen and oxygen atoms in total. The molecular weight excluding hydrogens is 371 g/mol. The van der Waals surface area contributed by atoms with Crippen LogP contribution in [-0.2, 0) is 11.2 Å². The number of benzene rings is 1.